The molecule has 0 saturated carbocycles. The summed E-state index contributed by atoms with van der Waals surface area (Å²) in [4.78, 5) is 13.5. The lowest BCUT2D eigenvalue weighted by molar-refractivity contribution is 0.0433. The minimum Gasteiger partial charge on any atom is -0.493 e. The van der Waals surface area contributed by atoms with E-state index in [1.54, 1.807) is 39.5 Å². The van der Waals surface area contributed by atoms with Crippen molar-refractivity contribution in [2.24, 2.45) is 0 Å². The first-order chi connectivity index (χ1) is 17.4. The van der Waals surface area contributed by atoms with Gasteiger partial charge in [-0.15, -0.1) is 0 Å². The molecular weight excluding hydrogens is 468 g/mol. The zero-order valence-corrected chi connectivity index (χ0v) is 21.7. The lowest BCUT2D eigenvalue weighted by Crippen LogP contribution is -2.23. The molecule has 1 heterocycles. The third-order valence-corrected chi connectivity index (χ3v) is 5.49. The van der Waals surface area contributed by atoms with Crippen LogP contribution >= 0.6 is 0 Å². The molecule has 0 spiro atoms. The molecule has 36 heavy (non-hydrogen) atoms. The van der Waals surface area contributed by atoms with E-state index in [-0.39, 0.29) is 32.6 Å². The monoisotopic (exact) mass is 502 g/mol. The number of carbonyl (C=O) groups excluding carboxylic acids is 1. The Balaban J connectivity index is 2.09. The molecule has 0 radical (unpaired) electrons. The van der Waals surface area contributed by atoms with Crippen molar-refractivity contribution in [2.75, 3.05) is 48.8 Å². The summed E-state index contributed by atoms with van der Waals surface area (Å²) in [6.45, 7) is 4.10. The Morgan fingerprint density at radius 3 is 2.14 bits per heavy atom. The van der Waals surface area contributed by atoms with E-state index in [1.165, 1.54) is 7.11 Å². The molecule has 0 aliphatic carbocycles. The van der Waals surface area contributed by atoms with E-state index in [2.05, 4.69) is 0 Å². The highest BCUT2D eigenvalue weighted by atomic mass is 16.7. The van der Waals surface area contributed by atoms with Crippen molar-refractivity contribution >= 4 is 5.78 Å². The minimum absolute atomic E-state index is 0.0275. The van der Waals surface area contributed by atoms with E-state index in [1.807, 2.05) is 26.0 Å². The van der Waals surface area contributed by atoms with E-state index in [9.17, 15) is 4.79 Å². The van der Waals surface area contributed by atoms with Crippen molar-refractivity contribution < 1.29 is 42.7 Å². The minimum atomic E-state index is -0.547. The Labute approximate surface area is 211 Å². The molecule has 2 aromatic rings. The molecule has 0 amide bonds. The van der Waals surface area contributed by atoms with Crippen LogP contribution in [0.5, 0.6) is 28.7 Å². The van der Waals surface area contributed by atoms with Crippen molar-refractivity contribution in [3.05, 3.63) is 52.6 Å². The highest BCUT2D eigenvalue weighted by Crippen LogP contribution is 2.47. The van der Waals surface area contributed by atoms with Crippen LogP contribution < -0.4 is 23.7 Å². The molecule has 0 N–H and O–H groups in total. The quantitative estimate of drug-likeness (QED) is 0.281. The number of carbonyl (C=O) groups is 1. The number of ether oxygens (including phenoxy) is 8. The number of benzene rings is 2. The standard InChI is InChI=1S/C27H34O9/c1-17(2)7-9-19-23(34-15-30-4)13-25(35-16-31-5)26-20(28)12-22(36-27(19)26)18-8-10-21(33-14-29-3)24(11-18)32-6/h7-8,10-11,13,22H,9,12,14-16H2,1-6H3. The maximum Gasteiger partial charge on any atom is 0.188 e. The normalized spacial score (nSPS) is 14.5. The highest BCUT2D eigenvalue weighted by Gasteiger charge is 2.35. The number of hydrogen-bond acceptors (Lipinski definition) is 9. The summed E-state index contributed by atoms with van der Waals surface area (Å²) >= 11 is 0. The summed E-state index contributed by atoms with van der Waals surface area (Å²) in [5.74, 6) is 2.20. The van der Waals surface area contributed by atoms with Gasteiger partial charge in [-0.05, 0) is 38.0 Å². The molecule has 0 fully saturated rings. The third-order valence-electron chi connectivity index (χ3n) is 5.49. The predicted octanol–water partition coefficient (Wildman–Crippen LogP) is 4.86. The summed E-state index contributed by atoms with van der Waals surface area (Å²) in [5, 5.41) is 0. The molecule has 9 heteroatoms. The van der Waals surface area contributed by atoms with Crippen LogP contribution in [-0.4, -0.2) is 54.6 Å². The highest BCUT2D eigenvalue weighted by molar-refractivity contribution is 6.03. The summed E-state index contributed by atoms with van der Waals surface area (Å²) in [7, 11) is 6.15. The topological polar surface area (TPSA) is 90.9 Å². The van der Waals surface area contributed by atoms with E-state index in [4.69, 9.17) is 37.9 Å². The molecule has 1 aliphatic rings. The number of methoxy groups -OCH3 is 4. The zero-order chi connectivity index (χ0) is 26.1. The largest absolute Gasteiger partial charge is 0.493 e. The van der Waals surface area contributed by atoms with E-state index in [0.717, 1.165) is 16.7 Å². The van der Waals surface area contributed by atoms with Gasteiger partial charge in [0.25, 0.3) is 0 Å². The fraction of sp³-hybridized carbons (Fsp3) is 0.444. The van der Waals surface area contributed by atoms with Crippen LogP contribution in [0, 0.1) is 0 Å². The van der Waals surface area contributed by atoms with Gasteiger partial charge < -0.3 is 37.9 Å². The van der Waals surface area contributed by atoms with Crippen molar-refractivity contribution in [3.8, 4) is 28.7 Å². The Hall–Kier alpha value is -3.27. The summed E-state index contributed by atoms with van der Waals surface area (Å²) in [5.41, 5.74) is 3.00. The third kappa shape index (κ3) is 6.48. The molecule has 3 rings (SSSR count). The van der Waals surface area contributed by atoms with Crippen LogP contribution in [0.15, 0.2) is 35.9 Å². The van der Waals surface area contributed by atoms with Crippen molar-refractivity contribution in [3.63, 3.8) is 0 Å². The van der Waals surface area contributed by atoms with Gasteiger partial charge in [0, 0.05) is 33.0 Å². The number of hydrogen-bond donors (Lipinski definition) is 0. The molecule has 1 atom stereocenters. The maximum absolute atomic E-state index is 13.5. The number of rotatable bonds is 13. The Kier molecular flexibility index (Phi) is 9.98. The molecule has 9 nitrogen and oxygen atoms in total. The first-order valence-electron chi connectivity index (χ1n) is 11.5. The molecular formula is C27H34O9. The van der Waals surface area contributed by atoms with Gasteiger partial charge in [0.2, 0.25) is 0 Å². The zero-order valence-electron chi connectivity index (χ0n) is 21.7. The fourth-order valence-corrected chi connectivity index (χ4v) is 3.80. The maximum atomic E-state index is 13.5. The number of fused-ring (bicyclic) bond motifs is 1. The SMILES string of the molecule is COCOc1ccc(C2CC(=O)c3c(OCOC)cc(OCOC)c(CC=C(C)C)c3O2)cc1OC. The molecule has 0 saturated heterocycles. The number of Topliss-reactive ketones (excluding diaryl/α,β-unsaturated/α-hetero) is 1. The molecule has 0 aromatic heterocycles. The number of allylic oxidation sites excluding steroid dienone is 2. The van der Waals surface area contributed by atoms with Gasteiger partial charge >= 0.3 is 0 Å². The van der Waals surface area contributed by atoms with Gasteiger partial charge in [-0.25, -0.2) is 0 Å². The average Bonchev–Trinajstić information content (AvgIpc) is 2.87. The van der Waals surface area contributed by atoms with Gasteiger partial charge in [-0.2, -0.15) is 0 Å². The van der Waals surface area contributed by atoms with Crippen molar-refractivity contribution in [1.29, 1.82) is 0 Å². The van der Waals surface area contributed by atoms with Crippen molar-refractivity contribution in [1.82, 2.24) is 0 Å². The van der Waals surface area contributed by atoms with Gasteiger partial charge in [0.05, 0.1) is 13.5 Å². The van der Waals surface area contributed by atoms with Gasteiger partial charge in [0.1, 0.15) is 28.9 Å². The van der Waals surface area contributed by atoms with E-state index >= 15 is 0 Å². The van der Waals surface area contributed by atoms with Gasteiger partial charge in [-0.1, -0.05) is 17.7 Å². The predicted molar refractivity (Wildman–Crippen MR) is 132 cm³/mol. The first kappa shape index (κ1) is 27.3. The van der Waals surface area contributed by atoms with Crippen LogP contribution in [0.25, 0.3) is 0 Å². The molecule has 1 aliphatic heterocycles. The smallest absolute Gasteiger partial charge is 0.188 e. The first-order valence-corrected chi connectivity index (χ1v) is 11.5. The average molecular weight is 503 g/mol. The van der Waals surface area contributed by atoms with Gasteiger partial charge in [-0.3, -0.25) is 4.79 Å². The second-order valence-corrected chi connectivity index (χ2v) is 8.34. The van der Waals surface area contributed by atoms with Crippen LogP contribution in [0.4, 0.5) is 0 Å². The molecule has 196 valence electrons. The number of ketones is 1. The molecule has 1 unspecified atom stereocenters. The summed E-state index contributed by atoms with van der Waals surface area (Å²) < 4.78 is 44.3. The van der Waals surface area contributed by atoms with Crippen LogP contribution in [0.3, 0.4) is 0 Å². The molecule has 2 aromatic carbocycles. The second kappa shape index (κ2) is 13.2. The van der Waals surface area contributed by atoms with E-state index in [0.29, 0.717) is 40.7 Å². The lowest BCUT2D eigenvalue weighted by Gasteiger charge is -2.30. The van der Waals surface area contributed by atoms with Crippen molar-refractivity contribution in [2.45, 2.75) is 32.8 Å². The van der Waals surface area contributed by atoms with Crippen LogP contribution in [0.2, 0.25) is 0 Å². The van der Waals surface area contributed by atoms with Crippen LogP contribution in [0.1, 0.15) is 47.9 Å². The summed E-state index contributed by atoms with van der Waals surface area (Å²) in [6, 6.07) is 7.11. The lowest BCUT2D eigenvalue weighted by atomic mass is 9.92. The summed E-state index contributed by atoms with van der Waals surface area (Å²) in [6.07, 6.45) is 2.13. The van der Waals surface area contributed by atoms with Gasteiger partial charge in [0.15, 0.2) is 37.7 Å². The second-order valence-electron chi connectivity index (χ2n) is 8.34. The molecule has 0 bridgehead atoms. The van der Waals surface area contributed by atoms with Crippen LogP contribution in [-0.2, 0) is 20.6 Å². The Morgan fingerprint density at radius 2 is 1.53 bits per heavy atom. The Bertz CT molecular complexity index is 1070. The fourth-order valence-electron chi connectivity index (χ4n) is 3.80. The van der Waals surface area contributed by atoms with E-state index < -0.39 is 6.10 Å². The Morgan fingerprint density at radius 1 is 0.889 bits per heavy atom.